The van der Waals surface area contributed by atoms with Gasteiger partial charge in [0.25, 0.3) is 0 Å². The van der Waals surface area contributed by atoms with Crippen molar-refractivity contribution in [3.63, 3.8) is 0 Å². The summed E-state index contributed by atoms with van der Waals surface area (Å²) in [6.45, 7) is 7.52. The lowest BCUT2D eigenvalue weighted by Crippen LogP contribution is -2.14. The van der Waals surface area contributed by atoms with Crippen molar-refractivity contribution in [3.8, 4) is 0 Å². The zero-order valence-electron chi connectivity index (χ0n) is 9.44. The van der Waals surface area contributed by atoms with E-state index in [0.717, 1.165) is 0 Å². The molecule has 0 aliphatic rings. The van der Waals surface area contributed by atoms with Crippen LogP contribution in [0.15, 0.2) is 4.42 Å². The molecule has 15 heavy (non-hydrogen) atoms. The first-order valence-electron chi connectivity index (χ1n) is 4.87. The van der Waals surface area contributed by atoms with Gasteiger partial charge in [-0.15, -0.1) is 0 Å². The summed E-state index contributed by atoms with van der Waals surface area (Å²) < 4.78 is 27.8. The summed E-state index contributed by atoms with van der Waals surface area (Å²) in [4.78, 5) is 4.04. The molecule has 0 spiro atoms. The van der Waals surface area contributed by atoms with E-state index in [-0.39, 0.29) is 5.44 Å². The Labute approximate surface area is 89.3 Å². The Bertz CT molecular complexity index is 364. The zero-order chi connectivity index (χ0) is 11.5. The van der Waals surface area contributed by atoms with E-state index in [4.69, 9.17) is 13.5 Å². The van der Waals surface area contributed by atoms with E-state index >= 15 is 0 Å². The van der Waals surface area contributed by atoms with Crippen molar-refractivity contribution in [2.24, 2.45) is 0 Å². The van der Waals surface area contributed by atoms with Crippen molar-refractivity contribution < 1.29 is 18.0 Å². The van der Waals surface area contributed by atoms with E-state index < -0.39 is 7.60 Å². The van der Waals surface area contributed by atoms with Crippen molar-refractivity contribution in [2.75, 3.05) is 13.2 Å². The summed E-state index contributed by atoms with van der Waals surface area (Å²) in [5, 5.41) is 0. The molecule has 86 valence electrons. The van der Waals surface area contributed by atoms with E-state index in [1.165, 1.54) is 0 Å². The molecule has 1 aromatic rings. The highest BCUT2D eigenvalue weighted by Gasteiger charge is 2.33. The Balaban J connectivity index is 3.08. The summed E-state index contributed by atoms with van der Waals surface area (Å²) in [5.74, 6) is 0.944. The van der Waals surface area contributed by atoms with Crippen LogP contribution in [-0.2, 0) is 13.6 Å². The van der Waals surface area contributed by atoms with Gasteiger partial charge in [-0.2, -0.15) is 0 Å². The van der Waals surface area contributed by atoms with E-state index in [9.17, 15) is 4.57 Å². The van der Waals surface area contributed by atoms with Crippen molar-refractivity contribution in [1.29, 1.82) is 0 Å². The van der Waals surface area contributed by atoms with Crippen LogP contribution in [0.2, 0.25) is 0 Å². The topological polar surface area (TPSA) is 61.6 Å². The van der Waals surface area contributed by atoms with Crippen molar-refractivity contribution in [1.82, 2.24) is 4.98 Å². The Hall–Kier alpha value is -0.640. The molecular weight excluding hydrogens is 217 g/mol. The van der Waals surface area contributed by atoms with Gasteiger partial charge in [-0.05, 0) is 20.8 Å². The highest BCUT2D eigenvalue weighted by Crippen LogP contribution is 2.47. The monoisotopic (exact) mass is 233 g/mol. The number of rotatable bonds is 5. The second-order valence-corrected chi connectivity index (χ2v) is 4.88. The molecule has 1 rings (SSSR count). The van der Waals surface area contributed by atoms with Gasteiger partial charge in [-0.1, -0.05) is 0 Å². The highest BCUT2D eigenvalue weighted by molar-refractivity contribution is 7.62. The summed E-state index contributed by atoms with van der Waals surface area (Å²) in [6.07, 6.45) is 0. The first-order valence-corrected chi connectivity index (χ1v) is 6.41. The van der Waals surface area contributed by atoms with Gasteiger partial charge >= 0.3 is 7.60 Å². The Kier molecular flexibility index (Phi) is 4.08. The van der Waals surface area contributed by atoms with Crippen LogP contribution in [0.1, 0.15) is 25.5 Å². The van der Waals surface area contributed by atoms with Crippen molar-refractivity contribution in [2.45, 2.75) is 27.7 Å². The highest BCUT2D eigenvalue weighted by atomic mass is 31.2. The minimum atomic E-state index is -3.29. The predicted octanol–water partition coefficient (Wildman–Crippen LogP) is 2.18. The van der Waals surface area contributed by atoms with Gasteiger partial charge in [0, 0.05) is 6.92 Å². The molecular formula is C9H16NO4P. The number of hydrogen-bond donors (Lipinski definition) is 0. The largest absolute Gasteiger partial charge is 0.445 e. The van der Waals surface area contributed by atoms with Crippen LogP contribution >= 0.6 is 7.60 Å². The third-order valence-electron chi connectivity index (χ3n) is 1.74. The fraction of sp³-hybridized carbons (Fsp3) is 0.667. The molecule has 5 nitrogen and oxygen atoms in total. The average Bonchev–Trinajstić information content (AvgIpc) is 2.46. The summed E-state index contributed by atoms with van der Waals surface area (Å²) in [7, 11) is -3.29. The Morgan fingerprint density at radius 2 is 1.80 bits per heavy atom. The molecule has 1 heterocycles. The van der Waals surface area contributed by atoms with E-state index in [1.54, 1.807) is 27.7 Å². The average molecular weight is 233 g/mol. The maximum Gasteiger partial charge on any atom is 0.383 e. The molecule has 0 N–H and O–H groups in total. The standard InChI is InChI=1S/C9H16NO4P/c1-5-12-15(11,13-6-2)9-7(3)14-8(4)10-9/h5-6H2,1-4H3. The second-order valence-electron chi connectivity index (χ2n) is 2.95. The number of hydrogen-bond acceptors (Lipinski definition) is 5. The van der Waals surface area contributed by atoms with Crippen molar-refractivity contribution >= 4 is 13.0 Å². The molecule has 0 unspecified atom stereocenters. The van der Waals surface area contributed by atoms with Gasteiger partial charge in [0.1, 0.15) is 5.76 Å². The zero-order valence-corrected chi connectivity index (χ0v) is 10.3. The van der Waals surface area contributed by atoms with Gasteiger partial charge in [0.15, 0.2) is 11.3 Å². The maximum absolute atomic E-state index is 12.3. The second kappa shape index (κ2) is 4.92. The number of oxazole rings is 1. The molecule has 0 atom stereocenters. The van der Waals surface area contributed by atoms with Crippen molar-refractivity contribution in [3.05, 3.63) is 11.7 Å². The maximum atomic E-state index is 12.3. The molecule has 0 saturated carbocycles. The van der Waals surface area contributed by atoms with E-state index in [0.29, 0.717) is 24.9 Å². The smallest absolute Gasteiger partial charge is 0.383 e. The van der Waals surface area contributed by atoms with Gasteiger partial charge in [-0.25, -0.2) is 4.98 Å². The normalized spacial score (nSPS) is 12.0. The van der Waals surface area contributed by atoms with Crippen LogP contribution in [0.3, 0.4) is 0 Å². The molecule has 0 radical (unpaired) electrons. The van der Waals surface area contributed by atoms with Gasteiger partial charge in [-0.3, -0.25) is 4.57 Å². The Morgan fingerprint density at radius 1 is 1.27 bits per heavy atom. The Morgan fingerprint density at radius 3 is 2.13 bits per heavy atom. The lowest BCUT2D eigenvalue weighted by molar-refractivity contribution is 0.229. The first kappa shape index (κ1) is 12.4. The fourth-order valence-corrected chi connectivity index (χ4v) is 2.96. The van der Waals surface area contributed by atoms with Crippen LogP contribution in [0.25, 0.3) is 0 Å². The molecule has 0 aliphatic heterocycles. The van der Waals surface area contributed by atoms with Crippen LogP contribution in [0.5, 0.6) is 0 Å². The molecule has 0 saturated heterocycles. The first-order chi connectivity index (χ1) is 7.03. The third kappa shape index (κ3) is 2.68. The lowest BCUT2D eigenvalue weighted by atomic mass is 10.6. The summed E-state index contributed by atoms with van der Waals surface area (Å²) >= 11 is 0. The molecule has 1 aromatic heterocycles. The van der Waals surface area contributed by atoms with Crippen LogP contribution in [-0.4, -0.2) is 18.2 Å². The lowest BCUT2D eigenvalue weighted by Gasteiger charge is -2.14. The molecule has 6 heteroatoms. The van der Waals surface area contributed by atoms with Crippen LogP contribution < -0.4 is 5.44 Å². The van der Waals surface area contributed by atoms with Crippen LogP contribution in [0.4, 0.5) is 0 Å². The van der Waals surface area contributed by atoms with Gasteiger partial charge < -0.3 is 13.5 Å². The van der Waals surface area contributed by atoms with Gasteiger partial charge in [0.05, 0.1) is 13.2 Å². The third-order valence-corrected chi connectivity index (χ3v) is 3.87. The number of nitrogens with zero attached hydrogens (tertiary/aromatic N) is 1. The molecule has 0 aromatic carbocycles. The summed E-state index contributed by atoms with van der Waals surface area (Å²) in [5.41, 5.74) is 0.281. The van der Waals surface area contributed by atoms with Crippen LogP contribution in [0, 0.1) is 13.8 Å². The van der Waals surface area contributed by atoms with Gasteiger partial charge in [0.2, 0.25) is 0 Å². The SMILES string of the molecule is CCOP(=O)(OCC)c1nc(C)oc1C. The van der Waals surface area contributed by atoms with E-state index in [1.807, 2.05) is 0 Å². The minimum absolute atomic E-state index is 0.281. The van der Waals surface area contributed by atoms with E-state index in [2.05, 4.69) is 4.98 Å². The molecule has 0 amide bonds. The quantitative estimate of drug-likeness (QED) is 0.729. The predicted molar refractivity (Wildman–Crippen MR) is 56.5 cm³/mol. The summed E-state index contributed by atoms with van der Waals surface area (Å²) in [6, 6.07) is 0. The molecule has 0 fully saturated rings. The fourth-order valence-electron chi connectivity index (χ4n) is 1.27. The number of aromatic nitrogens is 1. The molecule has 0 bridgehead atoms. The molecule has 0 aliphatic carbocycles. The minimum Gasteiger partial charge on any atom is -0.445 e. The number of aryl methyl sites for hydroxylation is 2.